The number of aliphatic hydroxyl groups is 1. The minimum Gasteiger partial charge on any atom is -0.392 e. The van der Waals surface area contributed by atoms with Gasteiger partial charge in [-0.15, -0.1) is 0 Å². The summed E-state index contributed by atoms with van der Waals surface area (Å²) in [4.78, 5) is 0. The highest BCUT2D eigenvalue weighted by molar-refractivity contribution is 9.11. The average molecular weight is 248 g/mol. The molecule has 0 aromatic rings. The number of hydrogen-bond donors (Lipinski definition) is 2. The summed E-state index contributed by atoms with van der Waals surface area (Å²) in [6.07, 6.45) is 5.49. The predicted octanol–water partition coefficient (Wildman–Crippen LogP) is 2.18. The van der Waals surface area contributed by atoms with Gasteiger partial charge in [0.2, 0.25) is 0 Å². The summed E-state index contributed by atoms with van der Waals surface area (Å²) in [6.45, 7) is 4.51. The van der Waals surface area contributed by atoms with Crippen molar-refractivity contribution in [2.75, 3.05) is 6.54 Å². The Morgan fingerprint density at radius 2 is 2.08 bits per heavy atom. The zero-order valence-electron chi connectivity index (χ0n) is 7.93. The van der Waals surface area contributed by atoms with Crippen molar-refractivity contribution in [2.45, 2.75) is 44.2 Å². The van der Waals surface area contributed by atoms with Gasteiger partial charge >= 0.3 is 0 Å². The number of nitrogens with one attached hydrogen (secondary N) is 1. The molecule has 0 aromatic heterocycles. The molecule has 0 saturated heterocycles. The maximum atomic E-state index is 9.75. The topological polar surface area (TPSA) is 32.3 Å². The van der Waals surface area contributed by atoms with E-state index in [1.807, 2.05) is 0 Å². The fourth-order valence-electron chi connectivity index (χ4n) is 1.77. The molecular weight excluding hydrogens is 230 g/mol. The molecule has 2 N–H and O–H groups in total. The van der Waals surface area contributed by atoms with Gasteiger partial charge in [0, 0.05) is 17.1 Å². The first kappa shape index (κ1) is 11.2. The van der Waals surface area contributed by atoms with Crippen molar-refractivity contribution in [3.05, 3.63) is 11.1 Å². The van der Waals surface area contributed by atoms with Crippen molar-refractivity contribution in [3.63, 3.8) is 0 Å². The first-order valence-corrected chi connectivity index (χ1v) is 5.74. The van der Waals surface area contributed by atoms with Gasteiger partial charge in [-0.2, -0.15) is 0 Å². The Hall–Kier alpha value is 0.140. The summed E-state index contributed by atoms with van der Waals surface area (Å²) >= 11 is 3.30. The lowest BCUT2D eigenvalue weighted by atomic mass is 10.1. The van der Waals surface area contributed by atoms with Crippen LogP contribution in [0.3, 0.4) is 0 Å². The van der Waals surface area contributed by atoms with Crippen LogP contribution in [0.25, 0.3) is 0 Å². The van der Waals surface area contributed by atoms with Crippen LogP contribution in [0.1, 0.15) is 32.1 Å². The summed E-state index contributed by atoms with van der Waals surface area (Å²) in [6, 6.07) is 0.261. The molecule has 2 atom stereocenters. The molecule has 1 aliphatic rings. The lowest BCUT2D eigenvalue weighted by Crippen LogP contribution is -2.39. The molecule has 1 rings (SSSR count). The van der Waals surface area contributed by atoms with Crippen LogP contribution in [0, 0.1) is 0 Å². The van der Waals surface area contributed by atoms with Crippen LogP contribution in [0.4, 0.5) is 0 Å². The fourth-order valence-corrected chi connectivity index (χ4v) is 1.93. The molecular formula is C10H18BrNO. The molecule has 0 aromatic carbocycles. The second-order valence-electron chi connectivity index (χ2n) is 3.71. The highest BCUT2D eigenvalue weighted by Gasteiger charge is 2.20. The largest absolute Gasteiger partial charge is 0.392 e. The summed E-state index contributed by atoms with van der Waals surface area (Å²) in [5.41, 5.74) is 0. The normalized spacial score (nSPS) is 29.7. The maximum Gasteiger partial charge on any atom is 0.0693 e. The molecule has 2 nitrogen and oxygen atoms in total. The van der Waals surface area contributed by atoms with Crippen LogP contribution in [0.2, 0.25) is 0 Å². The van der Waals surface area contributed by atoms with Crippen LogP contribution in [-0.4, -0.2) is 23.8 Å². The zero-order chi connectivity index (χ0) is 9.68. The van der Waals surface area contributed by atoms with E-state index in [-0.39, 0.29) is 12.1 Å². The smallest absolute Gasteiger partial charge is 0.0693 e. The summed E-state index contributed by atoms with van der Waals surface area (Å²) in [7, 11) is 0. The fraction of sp³-hybridized carbons (Fsp3) is 0.800. The molecule has 0 amide bonds. The summed E-state index contributed by atoms with van der Waals surface area (Å²) in [5, 5.41) is 13.1. The monoisotopic (exact) mass is 247 g/mol. The van der Waals surface area contributed by atoms with E-state index in [2.05, 4.69) is 27.8 Å². The van der Waals surface area contributed by atoms with E-state index in [0.29, 0.717) is 0 Å². The molecule has 0 radical (unpaired) electrons. The van der Waals surface area contributed by atoms with E-state index in [1.54, 1.807) is 0 Å². The Labute approximate surface area is 88.5 Å². The molecule has 76 valence electrons. The van der Waals surface area contributed by atoms with Gasteiger partial charge in [-0.3, -0.25) is 0 Å². The van der Waals surface area contributed by atoms with Gasteiger partial charge < -0.3 is 10.4 Å². The standard InChI is InChI=1S/C10H18BrNO/c1-8(11)7-12-9-5-3-2-4-6-10(9)13/h9-10,12-13H,1-7H2. The van der Waals surface area contributed by atoms with Crippen LogP contribution >= 0.6 is 15.9 Å². The molecule has 0 spiro atoms. The Balaban J connectivity index is 2.31. The highest BCUT2D eigenvalue weighted by Crippen LogP contribution is 2.18. The van der Waals surface area contributed by atoms with Gasteiger partial charge in [-0.25, -0.2) is 0 Å². The van der Waals surface area contributed by atoms with Crippen molar-refractivity contribution < 1.29 is 5.11 Å². The number of halogens is 1. The molecule has 0 heterocycles. The molecule has 1 aliphatic carbocycles. The van der Waals surface area contributed by atoms with Crippen LogP contribution in [-0.2, 0) is 0 Å². The molecule has 1 saturated carbocycles. The van der Waals surface area contributed by atoms with Crippen LogP contribution in [0.5, 0.6) is 0 Å². The lowest BCUT2D eigenvalue weighted by molar-refractivity contribution is 0.122. The zero-order valence-corrected chi connectivity index (χ0v) is 9.52. The van der Waals surface area contributed by atoms with Crippen molar-refractivity contribution in [3.8, 4) is 0 Å². The molecule has 13 heavy (non-hydrogen) atoms. The van der Waals surface area contributed by atoms with E-state index in [9.17, 15) is 5.11 Å². The van der Waals surface area contributed by atoms with Crippen molar-refractivity contribution in [1.82, 2.24) is 5.32 Å². The van der Waals surface area contributed by atoms with Gasteiger partial charge in [0.1, 0.15) is 0 Å². The van der Waals surface area contributed by atoms with Gasteiger partial charge in [-0.1, -0.05) is 41.8 Å². The number of hydrogen-bond acceptors (Lipinski definition) is 2. The minimum atomic E-state index is -0.172. The van der Waals surface area contributed by atoms with Crippen LogP contribution < -0.4 is 5.32 Å². The second kappa shape index (κ2) is 5.78. The van der Waals surface area contributed by atoms with Crippen molar-refractivity contribution >= 4 is 15.9 Å². The van der Waals surface area contributed by atoms with E-state index in [4.69, 9.17) is 0 Å². The lowest BCUT2D eigenvalue weighted by Gasteiger charge is -2.21. The predicted molar refractivity (Wildman–Crippen MR) is 58.9 cm³/mol. The molecule has 3 heteroatoms. The number of aliphatic hydroxyl groups excluding tert-OH is 1. The van der Waals surface area contributed by atoms with E-state index in [0.717, 1.165) is 30.3 Å². The van der Waals surface area contributed by atoms with Gasteiger partial charge in [-0.05, 0) is 12.8 Å². The third kappa shape index (κ3) is 4.25. The molecule has 1 fully saturated rings. The van der Waals surface area contributed by atoms with Gasteiger partial charge in [0.25, 0.3) is 0 Å². The van der Waals surface area contributed by atoms with Gasteiger partial charge in [0.05, 0.1) is 6.10 Å². The second-order valence-corrected chi connectivity index (χ2v) is 4.83. The highest BCUT2D eigenvalue weighted by atomic mass is 79.9. The maximum absolute atomic E-state index is 9.75. The SMILES string of the molecule is C=C(Br)CNC1CCCCCC1O. The van der Waals surface area contributed by atoms with Gasteiger partial charge in [0.15, 0.2) is 0 Å². The first-order chi connectivity index (χ1) is 6.20. The quantitative estimate of drug-likeness (QED) is 0.750. The number of rotatable bonds is 3. The average Bonchev–Trinajstić information content (AvgIpc) is 2.27. The first-order valence-electron chi connectivity index (χ1n) is 4.95. The minimum absolute atomic E-state index is 0.172. The Morgan fingerprint density at radius 1 is 1.38 bits per heavy atom. The third-order valence-electron chi connectivity index (χ3n) is 2.54. The Bertz CT molecular complexity index is 172. The van der Waals surface area contributed by atoms with Crippen molar-refractivity contribution in [2.24, 2.45) is 0 Å². The summed E-state index contributed by atoms with van der Waals surface area (Å²) < 4.78 is 0.948. The molecule has 0 aliphatic heterocycles. The van der Waals surface area contributed by atoms with E-state index >= 15 is 0 Å². The molecule has 2 unspecified atom stereocenters. The van der Waals surface area contributed by atoms with E-state index in [1.165, 1.54) is 12.8 Å². The Morgan fingerprint density at radius 3 is 2.77 bits per heavy atom. The van der Waals surface area contributed by atoms with Crippen LogP contribution in [0.15, 0.2) is 11.1 Å². The third-order valence-corrected chi connectivity index (χ3v) is 2.82. The van der Waals surface area contributed by atoms with E-state index < -0.39 is 0 Å². The van der Waals surface area contributed by atoms with Crippen molar-refractivity contribution in [1.29, 1.82) is 0 Å². The summed E-state index contributed by atoms with van der Waals surface area (Å²) in [5.74, 6) is 0. The Kier molecular flexibility index (Phi) is 4.99. The molecule has 0 bridgehead atoms.